The van der Waals surface area contributed by atoms with Crippen molar-refractivity contribution < 1.29 is 5.11 Å². The minimum Gasteiger partial charge on any atom is -0.508 e. The van der Waals surface area contributed by atoms with Gasteiger partial charge < -0.3 is 10.4 Å². The van der Waals surface area contributed by atoms with Crippen molar-refractivity contribution in [1.82, 2.24) is 10.3 Å². The van der Waals surface area contributed by atoms with Gasteiger partial charge in [-0.2, -0.15) is 0 Å². The van der Waals surface area contributed by atoms with Crippen molar-refractivity contribution in [3.05, 3.63) is 58.9 Å². The zero-order chi connectivity index (χ0) is 12.1. The molecule has 0 spiro atoms. The highest BCUT2D eigenvalue weighted by atomic mass is 35.5. The lowest BCUT2D eigenvalue weighted by Crippen LogP contribution is -2.12. The van der Waals surface area contributed by atoms with Gasteiger partial charge in [0.25, 0.3) is 0 Å². The number of nitrogens with zero attached hydrogens (tertiary/aromatic N) is 1. The molecule has 5 heteroatoms. The lowest BCUT2D eigenvalue weighted by molar-refractivity contribution is 0.464. The summed E-state index contributed by atoms with van der Waals surface area (Å²) >= 11 is 5.87. The predicted molar refractivity (Wildman–Crippen MR) is 75.1 cm³/mol. The predicted octanol–water partition coefficient (Wildman–Crippen LogP) is 3.15. The molecule has 0 saturated heterocycles. The van der Waals surface area contributed by atoms with Crippen LogP contribution in [0.1, 0.15) is 11.1 Å². The van der Waals surface area contributed by atoms with Gasteiger partial charge in [-0.05, 0) is 35.9 Å². The second-order valence-corrected chi connectivity index (χ2v) is 4.17. The first-order valence-electron chi connectivity index (χ1n) is 5.33. The Morgan fingerprint density at radius 3 is 2.56 bits per heavy atom. The molecule has 0 fully saturated rings. The van der Waals surface area contributed by atoms with E-state index in [1.165, 1.54) is 0 Å². The summed E-state index contributed by atoms with van der Waals surface area (Å²) in [6, 6.07) is 8.93. The highest BCUT2D eigenvalue weighted by molar-refractivity contribution is 6.30. The van der Waals surface area contributed by atoms with Crippen LogP contribution in [0, 0.1) is 0 Å². The highest BCUT2D eigenvalue weighted by Gasteiger charge is 2.01. The van der Waals surface area contributed by atoms with E-state index in [1.807, 2.05) is 12.1 Å². The van der Waals surface area contributed by atoms with Crippen LogP contribution in [0.4, 0.5) is 0 Å². The van der Waals surface area contributed by atoms with Crippen molar-refractivity contribution in [1.29, 1.82) is 0 Å². The van der Waals surface area contributed by atoms with Crippen LogP contribution < -0.4 is 5.32 Å². The Kier molecular flexibility index (Phi) is 5.92. The fourth-order valence-electron chi connectivity index (χ4n) is 1.54. The molecule has 0 aliphatic carbocycles. The largest absolute Gasteiger partial charge is 0.508 e. The number of hydrogen-bond acceptors (Lipinski definition) is 3. The summed E-state index contributed by atoms with van der Waals surface area (Å²) in [6.07, 6.45) is 3.52. The van der Waals surface area contributed by atoms with Gasteiger partial charge in [0.05, 0.1) is 0 Å². The molecule has 2 rings (SSSR count). The molecule has 0 aliphatic rings. The minimum absolute atomic E-state index is 0. The fourth-order valence-corrected chi connectivity index (χ4v) is 1.73. The summed E-state index contributed by atoms with van der Waals surface area (Å²) in [5.41, 5.74) is 1.95. The van der Waals surface area contributed by atoms with E-state index >= 15 is 0 Å². The van der Waals surface area contributed by atoms with Crippen molar-refractivity contribution >= 4 is 24.0 Å². The van der Waals surface area contributed by atoms with Gasteiger partial charge in [0, 0.05) is 36.1 Å². The fraction of sp³-hybridized carbons (Fsp3) is 0.154. The molecular weight excluding hydrogens is 271 g/mol. The number of hydrogen-bond donors (Lipinski definition) is 2. The smallest absolute Gasteiger partial charge is 0.120 e. The van der Waals surface area contributed by atoms with Crippen molar-refractivity contribution in [2.45, 2.75) is 13.1 Å². The first-order valence-corrected chi connectivity index (χ1v) is 5.70. The van der Waals surface area contributed by atoms with Crippen LogP contribution in [-0.4, -0.2) is 10.1 Å². The molecular formula is C13H14Cl2N2O. The average Bonchev–Trinajstić information content (AvgIpc) is 2.35. The van der Waals surface area contributed by atoms with Crippen LogP contribution in [0.3, 0.4) is 0 Å². The van der Waals surface area contributed by atoms with Crippen molar-refractivity contribution in [2.24, 2.45) is 0 Å². The summed E-state index contributed by atoms with van der Waals surface area (Å²) in [5.74, 6) is 0.261. The molecule has 0 unspecified atom stereocenters. The van der Waals surface area contributed by atoms with Gasteiger partial charge in [0.1, 0.15) is 5.75 Å². The number of phenols is 1. The highest BCUT2D eigenvalue weighted by Crippen LogP contribution is 2.21. The van der Waals surface area contributed by atoms with E-state index in [-0.39, 0.29) is 18.2 Å². The molecule has 96 valence electrons. The van der Waals surface area contributed by atoms with Crippen LogP contribution >= 0.6 is 24.0 Å². The quantitative estimate of drug-likeness (QED) is 0.907. The van der Waals surface area contributed by atoms with Gasteiger partial charge in [0.2, 0.25) is 0 Å². The summed E-state index contributed by atoms with van der Waals surface area (Å²) < 4.78 is 0. The van der Waals surface area contributed by atoms with E-state index < -0.39 is 0 Å². The maximum atomic E-state index is 9.62. The summed E-state index contributed by atoms with van der Waals surface area (Å²) in [5, 5.41) is 13.5. The number of rotatable bonds is 4. The van der Waals surface area contributed by atoms with E-state index in [0.29, 0.717) is 11.6 Å². The monoisotopic (exact) mass is 284 g/mol. The lowest BCUT2D eigenvalue weighted by atomic mass is 10.2. The summed E-state index contributed by atoms with van der Waals surface area (Å²) in [4.78, 5) is 3.95. The zero-order valence-corrected chi connectivity index (χ0v) is 11.2. The van der Waals surface area contributed by atoms with E-state index in [9.17, 15) is 5.11 Å². The van der Waals surface area contributed by atoms with E-state index in [1.54, 1.807) is 30.6 Å². The van der Waals surface area contributed by atoms with Crippen LogP contribution in [0.2, 0.25) is 5.02 Å². The SMILES string of the molecule is Cl.Oc1ccc(Cl)cc1CNCc1ccncc1. The number of nitrogens with one attached hydrogen (secondary N) is 1. The standard InChI is InChI=1S/C13H13ClN2O.ClH/c14-12-1-2-13(17)11(7-12)9-16-8-10-3-5-15-6-4-10;/h1-7,16-17H,8-9H2;1H. The molecule has 18 heavy (non-hydrogen) atoms. The third-order valence-corrected chi connectivity index (χ3v) is 2.67. The second-order valence-electron chi connectivity index (χ2n) is 3.73. The second kappa shape index (κ2) is 7.21. The Balaban J connectivity index is 0.00000162. The first kappa shape index (κ1) is 14.8. The number of halogens is 2. The maximum Gasteiger partial charge on any atom is 0.120 e. The molecule has 1 aromatic carbocycles. The Labute approximate surface area is 117 Å². The third kappa shape index (κ3) is 4.18. The molecule has 3 nitrogen and oxygen atoms in total. The molecule has 0 saturated carbocycles. The Morgan fingerprint density at radius 2 is 1.83 bits per heavy atom. The van der Waals surface area contributed by atoms with Crippen molar-refractivity contribution in [2.75, 3.05) is 0 Å². The van der Waals surface area contributed by atoms with E-state index in [4.69, 9.17) is 11.6 Å². The van der Waals surface area contributed by atoms with Crippen LogP contribution in [0.25, 0.3) is 0 Å². The molecule has 2 aromatic rings. The van der Waals surface area contributed by atoms with Gasteiger partial charge in [-0.1, -0.05) is 11.6 Å². The van der Waals surface area contributed by atoms with Crippen LogP contribution in [0.15, 0.2) is 42.7 Å². The maximum absolute atomic E-state index is 9.62. The van der Waals surface area contributed by atoms with Crippen LogP contribution in [0.5, 0.6) is 5.75 Å². The van der Waals surface area contributed by atoms with Crippen molar-refractivity contribution in [3.8, 4) is 5.75 Å². The number of pyridine rings is 1. The van der Waals surface area contributed by atoms with Gasteiger partial charge in [-0.3, -0.25) is 4.98 Å². The van der Waals surface area contributed by atoms with Gasteiger partial charge in [0.15, 0.2) is 0 Å². The molecule has 0 aliphatic heterocycles. The molecule has 1 aromatic heterocycles. The van der Waals surface area contributed by atoms with Gasteiger partial charge in [-0.15, -0.1) is 12.4 Å². The number of aromatic nitrogens is 1. The first-order chi connectivity index (χ1) is 8.25. The molecule has 2 N–H and O–H groups in total. The average molecular weight is 285 g/mol. The van der Waals surface area contributed by atoms with Gasteiger partial charge in [-0.25, -0.2) is 0 Å². The molecule has 0 atom stereocenters. The summed E-state index contributed by atoms with van der Waals surface area (Å²) in [6.45, 7) is 1.31. The number of aromatic hydroxyl groups is 1. The number of benzene rings is 1. The Morgan fingerprint density at radius 1 is 1.11 bits per heavy atom. The number of phenolic OH excluding ortho intramolecular Hbond substituents is 1. The van der Waals surface area contributed by atoms with Crippen molar-refractivity contribution in [3.63, 3.8) is 0 Å². The zero-order valence-electron chi connectivity index (χ0n) is 9.64. The molecule has 0 bridgehead atoms. The van der Waals surface area contributed by atoms with Gasteiger partial charge >= 0.3 is 0 Å². The van der Waals surface area contributed by atoms with E-state index in [2.05, 4.69) is 10.3 Å². The topological polar surface area (TPSA) is 45.1 Å². The van der Waals surface area contributed by atoms with Crippen LogP contribution in [-0.2, 0) is 13.1 Å². The third-order valence-electron chi connectivity index (χ3n) is 2.44. The minimum atomic E-state index is 0. The molecule has 0 amide bonds. The lowest BCUT2D eigenvalue weighted by Gasteiger charge is -2.07. The molecule has 0 radical (unpaired) electrons. The Hall–Kier alpha value is -1.29. The van der Waals surface area contributed by atoms with E-state index in [0.717, 1.165) is 17.7 Å². The normalized spacial score (nSPS) is 9.83. The summed E-state index contributed by atoms with van der Waals surface area (Å²) in [7, 11) is 0. The Bertz CT molecular complexity index is 492. The molecule has 1 heterocycles.